The van der Waals surface area contributed by atoms with Crippen LogP contribution in [0.2, 0.25) is 5.02 Å². The van der Waals surface area contributed by atoms with Crippen LogP contribution in [0.1, 0.15) is 29.0 Å². The maximum Gasteiger partial charge on any atom is 0.343 e. The van der Waals surface area contributed by atoms with Crippen LogP contribution in [0.4, 0.5) is 0 Å². The summed E-state index contributed by atoms with van der Waals surface area (Å²) in [5, 5.41) is 11.9. The second kappa shape index (κ2) is 9.02. The van der Waals surface area contributed by atoms with Crippen LogP contribution in [0.25, 0.3) is 17.0 Å². The van der Waals surface area contributed by atoms with Crippen molar-refractivity contribution >= 4 is 34.4 Å². The van der Waals surface area contributed by atoms with Gasteiger partial charge in [-0.15, -0.1) is 0 Å². The molecule has 1 N–H and O–H groups in total. The fourth-order valence-electron chi connectivity index (χ4n) is 3.59. The molecule has 0 aliphatic carbocycles. The number of carbonyl (C=O) groups is 1. The Morgan fingerprint density at radius 1 is 0.968 bits per heavy atom. The SMILES string of the molecule is O=C(/C=C/c1ccccc1Cl)CC(c1ccccc1)c1c(O)c2ccccc2oc1=O. The fourth-order valence-corrected chi connectivity index (χ4v) is 3.79. The third-order valence-electron chi connectivity index (χ3n) is 5.13. The van der Waals surface area contributed by atoms with Crippen molar-refractivity contribution in [1.29, 1.82) is 0 Å². The Hall–Kier alpha value is -3.63. The molecule has 0 amide bonds. The van der Waals surface area contributed by atoms with E-state index >= 15 is 0 Å². The number of aromatic hydroxyl groups is 1. The molecule has 0 saturated heterocycles. The number of benzene rings is 3. The lowest BCUT2D eigenvalue weighted by Gasteiger charge is -2.17. The van der Waals surface area contributed by atoms with Crippen molar-refractivity contribution in [2.24, 2.45) is 0 Å². The van der Waals surface area contributed by atoms with Crippen LogP contribution in [0.3, 0.4) is 0 Å². The number of allylic oxidation sites excluding steroid dienone is 1. The summed E-state index contributed by atoms with van der Waals surface area (Å²) in [4.78, 5) is 25.6. The first-order chi connectivity index (χ1) is 15.0. The molecule has 31 heavy (non-hydrogen) atoms. The summed E-state index contributed by atoms with van der Waals surface area (Å²) in [5.41, 5.74) is 1.17. The molecule has 0 spiro atoms. The zero-order chi connectivity index (χ0) is 21.8. The molecule has 0 aliphatic heterocycles. The first kappa shape index (κ1) is 20.6. The molecule has 0 bridgehead atoms. The highest BCUT2D eigenvalue weighted by Gasteiger charge is 2.26. The Balaban J connectivity index is 1.75. The van der Waals surface area contributed by atoms with Crippen molar-refractivity contribution in [3.8, 4) is 5.75 Å². The number of hydrogen-bond acceptors (Lipinski definition) is 4. The molecule has 3 aromatic carbocycles. The first-order valence-electron chi connectivity index (χ1n) is 9.79. The zero-order valence-corrected chi connectivity index (χ0v) is 17.3. The minimum atomic E-state index is -0.662. The minimum Gasteiger partial charge on any atom is -0.507 e. The second-order valence-electron chi connectivity index (χ2n) is 7.14. The number of halogens is 1. The van der Waals surface area contributed by atoms with Gasteiger partial charge in [0, 0.05) is 17.4 Å². The quantitative estimate of drug-likeness (QED) is 0.303. The maximum atomic E-state index is 12.8. The molecule has 5 heteroatoms. The predicted octanol–water partition coefficient (Wildman–Crippen LogP) is 5.96. The number of hydrogen-bond donors (Lipinski definition) is 1. The third-order valence-corrected chi connectivity index (χ3v) is 5.47. The summed E-state index contributed by atoms with van der Waals surface area (Å²) in [7, 11) is 0. The summed E-state index contributed by atoms with van der Waals surface area (Å²) in [6.45, 7) is 0. The van der Waals surface area contributed by atoms with Gasteiger partial charge in [-0.05, 0) is 41.5 Å². The van der Waals surface area contributed by atoms with Crippen molar-refractivity contribution in [1.82, 2.24) is 0 Å². The van der Waals surface area contributed by atoms with E-state index in [-0.39, 0.29) is 23.5 Å². The Kier molecular flexibility index (Phi) is 6.01. The van der Waals surface area contributed by atoms with Crippen LogP contribution in [0.15, 0.2) is 94.2 Å². The van der Waals surface area contributed by atoms with Gasteiger partial charge in [-0.3, -0.25) is 4.79 Å². The van der Waals surface area contributed by atoms with Gasteiger partial charge in [0.05, 0.1) is 10.9 Å². The third kappa shape index (κ3) is 4.44. The van der Waals surface area contributed by atoms with Gasteiger partial charge >= 0.3 is 5.63 Å². The van der Waals surface area contributed by atoms with Crippen molar-refractivity contribution in [3.63, 3.8) is 0 Å². The summed E-state index contributed by atoms with van der Waals surface area (Å²) >= 11 is 6.15. The van der Waals surface area contributed by atoms with Crippen molar-refractivity contribution in [2.45, 2.75) is 12.3 Å². The molecule has 4 nitrogen and oxygen atoms in total. The molecule has 4 aromatic rings. The average Bonchev–Trinajstić information content (AvgIpc) is 2.78. The van der Waals surface area contributed by atoms with Crippen LogP contribution in [0, 0.1) is 0 Å². The zero-order valence-electron chi connectivity index (χ0n) is 16.5. The fraction of sp³-hybridized carbons (Fsp3) is 0.0769. The molecule has 4 rings (SSSR count). The average molecular weight is 431 g/mol. The van der Waals surface area contributed by atoms with E-state index < -0.39 is 11.5 Å². The molecule has 0 radical (unpaired) electrons. The van der Waals surface area contributed by atoms with Crippen LogP contribution in [-0.4, -0.2) is 10.9 Å². The lowest BCUT2D eigenvalue weighted by atomic mass is 9.86. The van der Waals surface area contributed by atoms with Crippen LogP contribution in [-0.2, 0) is 4.79 Å². The number of ketones is 1. The molecule has 1 unspecified atom stereocenters. The van der Waals surface area contributed by atoms with Gasteiger partial charge in [-0.2, -0.15) is 0 Å². The van der Waals surface area contributed by atoms with E-state index in [1.54, 1.807) is 36.4 Å². The highest BCUT2D eigenvalue weighted by Crippen LogP contribution is 2.36. The molecule has 1 heterocycles. The summed E-state index contributed by atoms with van der Waals surface area (Å²) in [5.74, 6) is -1.03. The van der Waals surface area contributed by atoms with Gasteiger partial charge < -0.3 is 9.52 Å². The molecular weight excluding hydrogens is 412 g/mol. The van der Waals surface area contributed by atoms with Crippen molar-refractivity contribution in [3.05, 3.63) is 117 Å². The van der Waals surface area contributed by atoms with Gasteiger partial charge in [-0.1, -0.05) is 72.3 Å². The number of fused-ring (bicyclic) bond motifs is 1. The molecule has 0 saturated carbocycles. The summed E-state index contributed by atoms with van der Waals surface area (Å²) in [6.07, 6.45) is 3.08. The topological polar surface area (TPSA) is 67.5 Å². The van der Waals surface area contributed by atoms with E-state index in [4.69, 9.17) is 16.0 Å². The lowest BCUT2D eigenvalue weighted by molar-refractivity contribution is -0.114. The summed E-state index contributed by atoms with van der Waals surface area (Å²) < 4.78 is 5.44. The minimum absolute atomic E-state index is 0.0123. The van der Waals surface area contributed by atoms with Gasteiger partial charge in [0.1, 0.15) is 11.3 Å². The standard InChI is InChI=1S/C26H19ClO4/c27-22-12-6-4-10-18(22)14-15-19(28)16-21(17-8-2-1-3-9-17)24-25(29)20-11-5-7-13-23(20)31-26(24)30/h1-15,21,29H,16H2/b15-14+. The highest BCUT2D eigenvalue weighted by atomic mass is 35.5. The first-order valence-corrected chi connectivity index (χ1v) is 10.2. The van der Waals surface area contributed by atoms with Crippen molar-refractivity contribution in [2.75, 3.05) is 0 Å². The van der Waals surface area contributed by atoms with Crippen LogP contribution >= 0.6 is 11.6 Å². The number of rotatable bonds is 6. The van der Waals surface area contributed by atoms with Crippen molar-refractivity contribution < 1.29 is 14.3 Å². The summed E-state index contributed by atoms with van der Waals surface area (Å²) in [6, 6.07) is 23.1. The lowest BCUT2D eigenvalue weighted by Crippen LogP contribution is -2.16. The second-order valence-corrected chi connectivity index (χ2v) is 7.54. The van der Waals surface area contributed by atoms with E-state index in [1.165, 1.54) is 6.08 Å². The number of carbonyl (C=O) groups excluding carboxylic acids is 1. The Morgan fingerprint density at radius 2 is 1.65 bits per heavy atom. The van der Waals surface area contributed by atoms with E-state index in [0.717, 1.165) is 11.1 Å². The van der Waals surface area contributed by atoms with E-state index in [2.05, 4.69) is 0 Å². The van der Waals surface area contributed by atoms with Gasteiger partial charge in [-0.25, -0.2) is 4.79 Å². The molecule has 1 atom stereocenters. The Bertz CT molecular complexity index is 1320. The number of para-hydroxylation sites is 1. The van der Waals surface area contributed by atoms with E-state index in [0.29, 0.717) is 16.0 Å². The molecule has 0 aliphatic rings. The van der Waals surface area contributed by atoms with Crippen LogP contribution in [0.5, 0.6) is 5.75 Å². The normalized spacial score (nSPS) is 12.3. The highest BCUT2D eigenvalue weighted by molar-refractivity contribution is 6.32. The Morgan fingerprint density at radius 3 is 2.42 bits per heavy atom. The smallest absolute Gasteiger partial charge is 0.343 e. The van der Waals surface area contributed by atoms with Gasteiger partial charge in [0.25, 0.3) is 0 Å². The molecule has 1 aromatic heterocycles. The van der Waals surface area contributed by atoms with Crippen LogP contribution < -0.4 is 5.63 Å². The van der Waals surface area contributed by atoms with Gasteiger partial charge in [0.2, 0.25) is 0 Å². The van der Waals surface area contributed by atoms with E-state index in [9.17, 15) is 14.7 Å². The van der Waals surface area contributed by atoms with Gasteiger partial charge in [0.15, 0.2) is 5.78 Å². The maximum absolute atomic E-state index is 12.8. The largest absolute Gasteiger partial charge is 0.507 e. The van der Waals surface area contributed by atoms with E-state index in [1.807, 2.05) is 48.5 Å². The predicted molar refractivity (Wildman–Crippen MR) is 123 cm³/mol. The monoisotopic (exact) mass is 430 g/mol. The molecular formula is C26H19ClO4. The molecule has 154 valence electrons. The molecule has 0 fully saturated rings. The Labute approximate surface area is 184 Å².